The third kappa shape index (κ3) is 9.84. The Morgan fingerprint density at radius 2 is 0.857 bits per heavy atom. The maximum Gasteiger partial charge on any atom is 0.177 e. The Balaban J connectivity index is 2.55. The van der Waals surface area contributed by atoms with Gasteiger partial charge in [0.05, 0.1) is 11.4 Å². The fourth-order valence-corrected chi connectivity index (χ4v) is 3.56. The van der Waals surface area contributed by atoms with Crippen LogP contribution in [0, 0.1) is 22.7 Å². The first-order chi connectivity index (χ1) is 13.8. The van der Waals surface area contributed by atoms with Crippen molar-refractivity contribution in [1.82, 2.24) is 9.97 Å². The van der Waals surface area contributed by atoms with E-state index >= 15 is 0 Å². The quantitative estimate of drug-likeness (QED) is 0.294. The van der Waals surface area contributed by atoms with Crippen molar-refractivity contribution in [2.45, 2.75) is 117 Å². The average molecular weight is 383 g/mol. The number of nitrogens with zero attached hydrogens (tertiary/aromatic N) is 4. The molecule has 0 aliphatic carbocycles. The maximum absolute atomic E-state index is 9.27. The summed E-state index contributed by atoms with van der Waals surface area (Å²) in [5, 5.41) is 18.5. The van der Waals surface area contributed by atoms with Gasteiger partial charge < -0.3 is 0 Å². The van der Waals surface area contributed by atoms with Gasteiger partial charge >= 0.3 is 0 Å². The van der Waals surface area contributed by atoms with E-state index in [1.165, 1.54) is 77.0 Å². The molecule has 0 saturated carbocycles. The molecule has 1 rings (SSSR count). The van der Waals surface area contributed by atoms with Gasteiger partial charge in [0.1, 0.15) is 12.1 Å². The first-order valence-electron chi connectivity index (χ1n) is 11.5. The molecule has 0 amide bonds. The molecular formula is C24H38N4. The summed E-state index contributed by atoms with van der Waals surface area (Å²) in [5.41, 5.74) is 2.25. The maximum atomic E-state index is 9.27. The molecule has 28 heavy (non-hydrogen) atoms. The Kier molecular flexibility index (Phi) is 13.8. The Bertz CT molecular complexity index is 570. The van der Waals surface area contributed by atoms with Crippen LogP contribution in [0.4, 0.5) is 0 Å². The summed E-state index contributed by atoms with van der Waals surface area (Å²) in [6.07, 6.45) is 19.3. The van der Waals surface area contributed by atoms with Gasteiger partial charge in [0.15, 0.2) is 11.4 Å². The van der Waals surface area contributed by atoms with Gasteiger partial charge in [-0.25, -0.2) is 9.97 Å². The van der Waals surface area contributed by atoms with E-state index in [2.05, 4.69) is 23.8 Å². The summed E-state index contributed by atoms with van der Waals surface area (Å²) in [5.74, 6) is 0. The van der Waals surface area contributed by atoms with Crippen LogP contribution in [0.15, 0.2) is 0 Å². The van der Waals surface area contributed by atoms with Gasteiger partial charge in [0.2, 0.25) is 0 Å². The molecule has 0 bridgehead atoms. The molecular weight excluding hydrogens is 344 g/mol. The van der Waals surface area contributed by atoms with Crippen LogP contribution in [0.3, 0.4) is 0 Å². The van der Waals surface area contributed by atoms with Crippen LogP contribution < -0.4 is 0 Å². The first kappa shape index (κ1) is 24.1. The summed E-state index contributed by atoms with van der Waals surface area (Å²) in [6.45, 7) is 4.48. The van der Waals surface area contributed by atoms with E-state index in [1.807, 2.05) is 12.1 Å². The largest absolute Gasteiger partial charge is 0.237 e. The van der Waals surface area contributed by atoms with Crippen molar-refractivity contribution in [3.05, 3.63) is 22.8 Å². The van der Waals surface area contributed by atoms with Crippen LogP contribution in [0.25, 0.3) is 0 Å². The number of aromatic nitrogens is 2. The Labute approximate surface area is 172 Å². The van der Waals surface area contributed by atoms with Gasteiger partial charge in [-0.1, -0.05) is 90.9 Å². The molecule has 1 heterocycles. The van der Waals surface area contributed by atoms with Gasteiger partial charge in [-0.15, -0.1) is 0 Å². The highest BCUT2D eigenvalue weighted by molar-refractivity contribution is 5.37. The lowest BCUT2D eigenvalue weighted by molar-refractivity contribution is 0.577. The fourth-order valence-electron chi connectivity index (χ4n) is 3.56. The molecule has 0 aromatic carbocycles. The summed E-state index contributed by atoms with van der Waals surface area (Å²) in [6, 6.07) is 4.08. The van der Waals surface area contributed by atoms with Crippen molar-refractivity contribution < 1.29 is 0 Å². The minimum absolute atomic E-state index is 0.184. The second kappa shape index (κ2) is 16.1. The number of unbranched alkanes of at least 4 members (excludes halogenated alkanes) is 12. The molecule has 0 atom stereocenters. The van der Waals surface area contributed by atoms with E-state index in [1.54, 1.807) is 0 Å². The van der Waals surface area contributed by atoms with E-state index in [-0.39, 0.29) is 11.4 Å². The number of rotatable bonds is 16. The predicted molar refractivity (Wildman–Crippen MR) is 115 cm³/mol. The lowest BCUT2D eigenvalue weighted by Gasteiger charge is -2.10. The second-order valence-corrected chi connectivity index (χ2v) is 7.78. The van der Waals surface area contributed by atoms with E-state index < -0.39 is 0 Å². The Morgan fingerprint density at radius 1 is 0.536 bits per heavy atom. The summed E-state index contributed by atoms with van der Waals surface area (Å²) in [4.78, 5) is 9.01. The smallest absolute Gasteiger partial charge is 0.177 e. The van der Waals surface area contributed by atoms with Crippen LogP contribution in [0.5, 0.6) is 0 Å². The molecule has 1 aromatic rings. The van der Waals surface area contributed by atoms with Crippen molar-refractivity contribution >= 4 is 0 Å². The summed E-state index contributed by atoms with van der Waals surface area (Å²) >= 11 is 0. The molecule has 4 nitrogen and oxygen atoms in total. The van der Waals surface area contributed by atoms with Crippen LogP contribution in [-0.2, 0) is 12.8 Å². The van der Waals surface area contributed by atoms with Crippen molar-refractivity contribution in [1.29, 1.82) is 10.5 Å². The monoisotopic (exact) mass is 382 g/mol. The standard InChI is InChI=1S/C24H38N4/c1-3-5-7-9-11-13-15-17-21-22(18-16-14-12-10-8-6-4-2)28-24(20-26)23(19-25)27-21/h3-18H2,1-2H3. The van der Waals surface area contributed by atoms with E-state index in [0.29, 0.717) is 0 Å². The van der Waals surface area contributed by atoms with Gasteiger partial charge in [0.25, 0.3) is 0 Å². The highest BCUT2D eigenvalue weighted by Crippen LogP contribution is 2.17. The third-order valence-corrected chi connectivity index (χ3v) is 5.30. The van der Waals surface area contributed by atoms with Crippen LogP contribution in [-0.4, -0.2) is 9.97 Å². The topological polar surface area (TPSA) is 73.4 Å². The molecule has 0 spiro atoms. The average Bonchev–Trinajstić information content (AvgIpc) is 2.72. The second-order valence-electron chi connectivity index (χ2n) is 7.78. The van der Waals surface area contributed by atoms with E-state index in [9.17, 15) is 10.5 Å². The van der Waals surface area contributed by atoms with E-state index in [4.69, 9.17) is 0 Å². The molecule has 0 aliphatic rings. The highest BCUT2D eigenvalue weighted by atomic mass is 14.8. The first-order valence-corrected chi connectivity index (χ1v) is 11.5. The molecule has 0 aliphatic heterocycles. The number of hydrogen-bond acceptors (Lipinski definition) is 4. The zero-order chi connectivity index (χ0) is 20.5. The fraction of sp³-hybridized carbons (Fsp3) is 0.750. The molecule has 1 aromatic heterocycles. The predicted octanol–water partition coefficient (Wildman–Crippen LogP) is 6.81. The Morgan fingerprint density at radius 3 is 1.18 bits per heavy atom. The zero-order valence-corrected chi connectivity index (χ0v) is 18.1. The number of nitriles is 2. The van der Waals surface area contributed by atoms with Crippen molar-refractivity contribution in [3.8, 4) is 12.1 Å². The highest BCUT2D eigenvalue weighted by Gasteiger charge is 2.13. The molecule has 154 valence electrons. The molecule has 0 saturated heterocycles. The zero-order valence-electron chi connectivity index (χ0n) is 18.1. The molecule has 0 fully saturated rings. The lowest BCUT2D eigenvalue weighted by atomic mass is 10.0. The van der Waals surface area contributed by atoms with Crippen molar-refractivity contribution in [2.75, 3.05) is 0 Å². The van der Waals surface area contributed by atoms with Gasteiger partial charge in [0, 0.05) is 0 Å². The third-order valence-electron chi connectivity index (χ3n) is 5.30. The van der Waals surface area contributed by atoms with Crippen LogP contribution in [0.1, 0.15) is 127 Å². The SMILES string of the molecule is CCCCCCCCCc1nc(C#N)c(C#N)nc1CCCCCCCCC. The van der Waals surface area contributed by atoms with E-state index in [0.717, 1.165) is 37.1 Å². The molecule has 4 heteroatoms. The Hall–Kier alpha value is -1.94. The van der Waals surface area contributed by atoms with Crippen molar-refractivity contribution in [2.24, 2.45) is 0 Å². The normalized spacial score (nSPS) is 10.6. The summed E-state index contributed by atoms with van der Waals surface area (Å²) in [7, 11) is 0. The van der Waals surface area contributed by atoms with Crippen LogP contribution >= 0.6 is 0 Å². The van der Waals surface area contributed by atoms with Crippen molar-refractivity contribution in [3.63, 3.8) is 0 Å². The van der Waals surface area contributed by atoms with Gasteiger partial charge in [-0.3, -0.25) is 0 Å². The minimum Gasteiger partial charge on any atom is -0.237 e. The van der Waals surface area contributed by atoms with Gasteiger partial charge in [-0.05, 0) is 25.7 Å². The molecule has 0 N–H and O–H groups in total. The minimum atomic E-state index is 0.184. The number of aryl methyl sites for hydroxylation is 2. The lowest BCUT2D eigenvalue weighted by Crippen LogP contribution is -2.07. The summed E-state index contributed by atoms with van der Waals surface area (Å²) < 4.78 is 0. The number of hydrogen-bond donors (Lipinski definition) is 0. The van der Waals surface area contributed by atoms with Crippen LogP contribution in [0.2, 0.25) is 0 Å². The molecule has 0 unspecified atom stereocenters. The molecule has 0 radical (unpaired) electrons. The van der Waals surface area contributed by atoms with Gasteiger partial charge in [-0.2, -0.15) is 10.5 Å².